The summed E-state index contributed by atoms with van der Waals surface area (Å²) in [5, 5.41) is 2.96. The van der Waals surface area contributed by atoms with Crippen LogP contribution in [0.2, 0.25) is 0 Å². The predicted octanol–water partition coefficient (Wildman–Crippen LogP) is 1.34. The molecule has 0 amide bonds. The van der Waals surface area contributed by atoms with Gasteiger partial charge in [-0.25, -0.2) is 0 Å². The molecule has 15 heavy (non-hydrogen) atoms. The molecular weight excluding hydrogens is 190 g/mol. The van der Waals surface area contributed by atoms with Crippen LogP contribution in [0, 0.1) is 0 Å². The molecule has 1 aromatic heterocycles. The number of nitrogens with one attached hydrogen (secondary N) is 1. The molecule has 1 heterocycles. The van der Waals surface area contributed by atoms with Crippen LogP contribution in [0.15, 0.2) is 6.07 Å². The van der Waals surface area contributed by atoms with Gasteiger partial charge >= 0.3 is 0 Å². The molecule has 0 saturated heterocycles. The summed E-state index contributed by atoms with van der Waals surface area (Å²) in [5.41, 5.74) is 5.61. The molecule has 0 spiro atoms. The van der Waals surface area contributed by atoms with Gasteiger partial charge in [-0.15, -0.1) is 0 Å². The lowest BCUT2D eigenvalue weighted by molar-refractivity contribution is 0.759. The van der Waals surface area contributed by atoms with E-state index in [0.717, 1.165) is 24.6 Å². The van der Waals surface area contributed by atoms with Gasteiger partial charge in [0.05, 0.1) is 0 Å². The quantitative estimate of drug-likeness (QED) is 0.766. The normalized spacial score (nSPS) is 10.1. The molecule has 0 aliphatic carbocycles. The summed E-state index contributed by atoms with van der Waals surface area (Å²) in [5.74, 6) is 1.92. The lowest BCUT2D eigenvalue weighted by Gasteiger charge is -2.18. The molecular formula is C10H19N5. The van der Waals surface area contributed by atoms with Gasteiger partial charge in [0.1, 0.15) is 11.6 Å². The van der Waals surface area contributed by atoms with Gasteiger partial charge in [-0.3, -0.25) is 0 Å². The van der Waals surface area contributed by atoms with Gasteiger partial charge in [0.2, 0.25) is 5.95 Å². The van der Waals surface area contributed by atoms with E-state index in [-0.39, 0.29) is 0 Å². The van der Waals surface area contributed by atoms with E-state index in [1.165, 1.54) is 6.42 Å². The standard InChI is InChI=1S/C10H19N5/c1-4-5-6-15(3)9-7-8(12-2)13-10(11)14-9/h7H,4-6H2,1-3H3,(H3,11,12,13,14). The van der Waals surface area contributed by atoms with Crippen molar-refractivity contribution in [2.75, 3.05) is 36.6 Å². The van der Waals surface area contributed by atoms with E-state index < -0.39 is 0 Å². The number of nitrogens with zero attached hydrogens (tertiary/aromatic N) is 3. The first-order valence-electron chi connectivity index (χ1n) is 5.20. The molecule has 3 N–H and O–H groups in total. The number of anilines is 3. The van der Waals surface area contributed by atoms with Crippen molar-refractivity contribution in [1.29, 1.82) is 0 Å². The summed E-state index contributed by atoms with van der Waals surface area (Å²) in [4.78, 5) is 10.3. The number of nitrogens with two attached hydrogens (primary N) is 1. The number of nitrogen functional groups attached to an aromatic ring is 1. The molecule has 0 saturated carbocycles. The van der Waals surface area contributed by atoms with Crippen LogP contribution >= 0.6 is 0 Å². The first-order chi connectivity index (χ1) is 7.17. The highest BCUT2D eigenvalue weighted by atomic mass is 15.2. The Labute approximate surface area is 90.7 Å². The second kappa shape index (κ2) is 5.38. The van der Waals surface area contributed by atoms with Crippen molar-refractivity contribution >= 4 is 17.6 Å². The smallest absolute Gasteiger partial charge is 0.223 e. The number of hydrogen-bond donors (Lipinski definition) is 2. The van der Waals surface area contributed by atoms with Gasteiger partial charge in [0.25, 0.3) is 0 Å². The molecule has 0 unspecified atom stereocenters. The maximum absolute atomic E-state index is 5.61. The molecule has 1 aromatic rings. The van der Waals surface area contributed by atoms with Crippen LogP contribution in [-0.2, 0) is 0 Å². The lowest BCUT2D eigenvalue weighted by Crippen LogP contribution is -2.20. The summed E-state index contributed by atoms with van der Waals surface area (Å²) in [6, 6.07) is 1.89. The van der Waals surface area contributed by atoms with Crippen LogP contribution in [0.4, 0.5) is 17.6 Å². The third kappa shape index (κ3) is 3.27. The van der Waals surface area contributed by atoms with E-state index in [9.17, 15) is 0 Å². The van der Waals surface area contributed by atoms with Crippen LogP contribution in [0.1, 0.15) is 19.8 Å². The van der Waals surface area contributed by atoms with Crippen molar-refractivity contribution in [2.24, 2.45) is 0 Å². The Balaban J connectivity index is 2.78. The fraction of sp³-hybridized carbons (Fsp3) is 0.600. The molecule has 0 aliphatic rings. The van der Waals surface area contributed by atoms with Crippen LogP contribution in [0.5, 0.6) is 0 Å². The minimum atomic E-state index is 0.306. The summed E-state index contributed by atoms with van der Waals surface area (Å²) in [6.45, 7) is 3.15. The highest BCUT2D eigenvalue weighted by Crippen LogP contribution is 2.15. The van der Waals surface area contributed by atoms with E-state index in [1.807, 2.05) is 20.2 Å². The number of unbranched alkanes of at least 4 members (excludes halogenated alkanes) is 1. The molecule has 0 fully saturated rings. The number of hydrogen-bond acceptors (Lipinski definition) is 5. The van der Waals surface area contributed by atoms with Crippen LogP contribution in [0.3, 0.4) is 0 Å². The Bertz CT molecular complexity index is 313. The van der Waals surface area contributed by atoms with E-state index in [0.29, 0.717) is 5.95 Å². The summed E-state index contributed by atoms with van der Waals surface area (Å²) < 4.78 is 0. The van der Waals surface area contributed by atoms with E-state index in [4.69, 9.17) is 5.73 Å². The molecule has 5 heteroatoms. The van der Waals surface area contributed by atoms with Crippen molar-refractivity contribution in [3.63, 3.8) is 0 Å². The van der Waals surface area contributed by atoms with Crippen molar-refractivity contribution in [1.82, 2.24) is 9.97 Å². The summed E-state index contributed by atoms with van der Waals surface area (Å²) in [6.07, 6.45) is 2.32. The molecule has 0 aliphatic heterocycles. The SMILES string of the molecule is CCCCN(C)c1cc(NC)nc(N)n1. The predicted molar refractivity (Wildman–Crippen MR) is 64.2 cm³/mol. The number of rotatable bonds is 5. The zero-order valence-electron chi connectivity index (χ0n) is 9.62. The van der Waals surface area contributed by atoms with Gasteiger partial charge in [-0.1, -0.05) is 13.3 Å². The fourth-order valence-corrected chi connectivity index (χ4v) is 1.29. The molecule has 0 radical (unpaired) electrons. The first-order valence-corrected chi connectivity index (χ1v) is 5.20. The van der Waals surface area contributed by atoms with Crippen molar-refractivity contribution in [3.8, 4) is 0 Å². The third-order valence-corrected chi connectivity index (χ3v) is 2.22. The van der Waals surface area contributed by atoms with Crippen LogP contribution < -0.4 is 16.0 Å². The first kappa shape index (κ1) is 11.6. The zero-order valence-corrected chi connectivity index (χ0v) is 9.62. The maximum atomic E-state index is 5.61. The van der Waals surface area contributed by atoms with Crippen LogP contribution in [-0.4, -0.2) is 30.6 Å². The minimum absolute atomic E-state index is 0.306. The Morgan fingerprint density at radius 3 is 2.80 bits per heavy atom. The second-order valence-corrected chi connectivity index (χ2v) is 3.49. The third-order valence-electron chi connectivity index (χ3n) is 2.22. The maximum Gasteiger partial charge on any atom is 0.223 e. The average Bonchev–Trinajstić information content (AvgIpc) is 2.24. The number of aromatic nitrogens is 2. The highest BCUT2D eigenvalue weighted by Gasteiger charge is 2.05. The van der Waals surface area contributed by atoms with Crippen molar-refractivity contribution in [3.05, 3.63) is 6.07 Å². The Morgan fingerprint density at radius 2 is 2.20 bits per heavy atom. The van der Waals surface area contributed by atoms with E-state index in [2.05, 4.69) is 27.1 Å². The van der Waals surface area contributed by atoms with Crippen LogP contribution in [0.25, 0.3) is 0 Å². The van der Waals surface area contributed by atoms with Crippen molar-refractivity contribution < 1.29 is 0 Å². The highest BCUT2D eigenvalue weighted by molar-refractivity contribution is 5.51. The average molecular weight is 209 g/mol. The van der Waals surface area contributed by atoms with E-state index >= 15 is 0 Å². The Hall–Kier alpha value is -1.52. The van der Waals surface area contributed by atoms with Gasteiger partial charge in [-0.2, -0.15) is 9.97 Å². The minimum Gasteiger partial charge on any atom is -0.373 e. The Kier molecular flexibility index (Phi) is 4.15. The molecule has 5 nitrogen and oxygen atoms in total. The van der Waals surface area contributed by atoms with E-state index in [1.54, 1.807) is 0 Å². The Morgan fingerprint density at radius 1 is 1.47 bits per heavy atom. The summed E-state index contributed by atoms with van der Waals surface area (Å²) in [7, 11) is 3.83. The molecule has 84 valence electrons. The van der Waals surface area contributed by atoms with Gasteiger partial charge in [0, 0.05) is 26.7 Å². The molecule has 0 aromatic carbocycles. The molecule has 0 atom stereocenters. The summed E-state index contributed by atoms with van der Waals surface area (Å²) >= 11 is 0. The second-order valence-electron chi connectivity index (χ2n) is 3.49. The molecule has 0 bridgehead atoms. The monoisotopic (exact) mass is 209 g/mol. The lowest BCUT2D eigenvalue weighted by atomic mass is 10.3. The van der Waals surface area contributed by atoms with Crippen molar-refractivity contribution in [2.45, 2.75) is 19.8 Å². The largest absolute Gasteiger partial charge is 0.373 e. The van der Waals surface area contributed by atoms with Gasteiger partial charge in [-0.05, 0) is 6.42 Å². The van der Waals surface area contributed by atoms with Gasteiger partial charge in [0.15, 0.2) is 0 Å². The van der Waals surface area contributed by atoms with Gasteiger partial charge < -0.3 is 16.0 Å². The topological polar surface area (TPSA) is 67.1 Å². The zero-order chi connectivity index (χ0) is 11.3. The fourth-order valence-electron chi connectivity index (χ4n) is 1.29. The molecule has 1 rings (SSSR count).